The summed E-state index contributed by atoms with van der Waals surface area (Å²) in [5, 5.41) is 11.9. The second kappa shape index (κ2) is 16.4. The fourth-order valence-corrected chi connectivity index (χ4v) is 7.70. The summed E-state index contributed by atoms with van der Waals surface area (Å²) in [5.41, 5.74) is 3.22. The van der Waals surface area contributed by atoms with Crippen molar-refractivity contribution in [1.82, 2.24) is 15.1 Å². The summed E-state index contributed by atoms with van der Waals surface area (Å²) in [6.07, 6.45) is 4.55. The van der Waals surface area contributed by atoms with Crippen LogP contribution in [0, 0.1) is 29.1 Å². The van der Waals surface area contributed by atoms with E-state index < -0.39 is 46.8 Å². The van der Waals surface area contributed by atoms with E-state index in [4.69, 9.17) is 9.47 Å². The molecule has 3 aliphatic heterocycles. The minimum Gasteiger partial charge on any atom is -0.392 e. The van der Waals surface area contributed by atoms with Gasteiger partial charge < -0.3 is 24.8 Å². The number of benzene rings is 4. The third kappa shape index (κ3) is 8.32. The molecule has 3 heterocycles. The number of hydrogen-bond acceptors (Lipinski definition) is 6. The van der Waals surface area contributed by atoms with E-state index in [1.165, 1.54) is 38.8 Å². The lowest BCUT2D eigenvalue weighted by Crippen LogP contribution is -2.45. The normalized spacial score (nSPS) is 22.4. The number of rotatable bonds is 11. The monoisotopic (exact) mass is 735 g/mol. The van der Waals surface area contributed by atoms with E-state index >= 15 is 0 Å². The van der Waals surface area contributed by atoms with Crippen LogP contribution >= 0.6 is 0 Å². The number of hydrogen-bond donors (Lipinski definition) is 2. The highest BCUT2D eigenvalue weighted by Gasteiger charge is 2.36. The Balaban J connectivity index is 1.08. The molecular formula is C41H42F5N3O4. The van der Waals surface area contributed by atoms with Crippen molar-refractivity contribution in [2.45, 2.75) is 69.8 Å². The Kier molecular flexibility index (Phi) is 11.5. The van der Waals surface area contributed by atoms with Gasteiger partial charge in [0.15, 0.2) is 29.6 Å². The van der Waals surface area contributed by atoms with Crippen LogP contribution in [0.15, 0.2) is 72.8 Å². The number of amides is 1. The van der Waals surface area contributed by atoms with Crippen LogP contribution in [0.5, 0.6) is 0 Å². The molecule has 3 saturated heterocycles. The van der Waals surface area contributed by atoms with Crippen molar-refractivity contribution in [3.8, 4) is 11.1 Å². The summed E-state index contributed by atoms with van der Waals surface area (Å²) >= 11 is 0. The molecule has 12 heteroatoms. The topological polar surface area (TPSA) is 74.3 Å². The second-order valence-corrected chi connectivity index (χ2v) is 14.1. The molecule has 0 bridgehead atoms. The third-order valence-corrected chi connectivity index (χ3v) is 10.5. The van der Waals surface area contributed by atoms with Gasteiger partial charge in [0.2, 0.25) is 5.82 Å². The molecule has 280 valence electrons. The summed E-state index contributed by atoms with van der Waals surface area (Å²) in [4.78, 5) is 17.7. The lowest BCUT2D eigenvalue weighted by molar-refractivity contribution is -0.253. The number of aliphatic hydroxyl groups excluding tert-OH is 1. The van der Waals surface area contributed by atoms with Crippen molar-refractivity contribution in [2.75, 3.05) is 32.7 Å². The second-order valence-electron chi connectivity index (χ2n) is 14.1. The summed E-state index contributed by atoms with van der Waals surface area (Å²) in [6.45, 7) is 4.97. The molecule has 0 radical (unpaired) electrons. The van der Waals surface area contributed by atoms with Crippen molar-refractivity contribution in [3.63, 3.8) is 0 Å². The third-order valence-electron chi connectivity index (χ3n) is 10.5. The van der Waals surface area contributed by atoms with Gasteiger partial charge in [-0.25, -0.2) is 22.0 Å². The van der Waals surface area contributed by atoms with E-state index in [0.717, 1.165) is 47.5 Å². The van der Waals surface area contributed by atoms with Crippen LogP contribution in [-0.2, 0) is 22.6 Å². The van der Waals surface area contributed by atoms with E-state index in [1.807, 2.05) is 54.6 Å². The van der Waals surface area contributed by atoms with Gasteiger partial charge in [0.1, 0.15) is 5.56 Å². The van der Waals surface area contributed by atoms with Gasteiger partial charge in [-0.05, 0) is 85.3 Å². The Morgan fingerprint density at radius 1 is 0.736 bits per heavy atom. The number of carbonyl (C=O) groups excluding carboxylic acids is 1. The SMILES string of the molecule is O=C(NCc1cccc(-c2cccc([C@@H]3O[C@H](CN4CCC[C@H]4CN4CCCC4)C[C@H](c4ccc(CO)cc4)O3)c2)c1)c1c(F)c(F)c(F)c(F)c1F. The molecule has 1 amide bonds. The molecule has 4 atom stereocenters. The van der Waals surface area contributed by atoms with Crippen molar-refractivity contribution < 1.29 is 41.3 Å². The Morgan fingerprint density at radius 2 is 1.42 bits per heavy atom. The van der Waals surface area contributed by atoms with Gasteiger partial charge in [-0.1, -0.05) is 60.7 Å². The fourth-order valence-electron chi connectivity index (χ4n) is 7.70. The average Bonchev–Trinajstić information content (AvgIpc) is 3.88. The number of carbonyl (C=O) groups is 1. The first-order valence-electron chi connectivity index (χ1n) is 18.1. The predicted octanol–water partition coefficient (Wildman–Crippen LogP) is 7.58. The van der Waals surface area contributed by atoms with E-state index in [1.54, 1.807) is 18.2 Å². The maximum absolute atomic E-state index is 14.2. The predicted molar refractivity (Wildman–Crippen MR) is 188 cm³/mol. The molecule has 53 heavy (non-hydrogen) atoms. The molecule has 0 spiro atoms. The van der Waals surface area contributed by atoms with Crippen molar-refractivity contribution >= 4 is 5.91 Å². The fraction of sp³-hybridized carbons (Fsp3) is 0.390. The number of nitrogens with zero attached hydrogens (tertiary/aromatic N) is 2. The molecule has 3 fully saturated rings. The molecule has 7 nitrogen and oxygen atoms in total. The Hall–Kier alpha value is -4.20. The molecule has 4 aromatic rings. The molecule has 0 unspecified atom stereocenters. The smallest absolute Gasteiger partial charge is 0.257 e. The number of halogens is 5. The molecule has 0 aromatic heterocycles. The largest absolute Gasteiger partial charge is 0.392 e. The van der Waals surface area contributed by atoms with Crippen LogP contribution in [0.2, 0.25) is 0 Å². The lowest BCUT2D eigenvalue weighted by Gasteiger charge is -2.39. The number of aliphatic hydroxyl groups is 1. The summed E-state index contributed by atoms with van der Waals surface area (Å²) < 4.78 is 82.6. The highest BCUT2D eigenvalue weighted by atomic mass is 19.2. The first-order chi connectivity index (χ1) is 25.7. The zero-order valence-corrected chi connectivity index (χ0v) is 29.2. The first-order valence-corrected chi connectivity index (χ1v) is 18.1. The highest BCUT2D eigenvalue weighted by Crippen LogP contribution is 2.40. The van der Waals surface area contributed by atoms with Gasteiger partial charge in [-0.2, -0.15) is 0 Å². The number of ether oxygens (including phenoxy) is 2. The molecular weight excluding hydrogens is 693 g/mol. The maximum atomic E-state index is 14.2. The average molecular weight is 736 g/mol. The van der Waals surface area contributed by atoms with Gasteiger partial charge in [0.05, 0.1) is 18.8 Å². The van der Waals surface area contributed by atoms with Crippen LogP contribution in [-0.4, -0.2) is 65.7 Å². The maximum Gasteiger partial charge on any atom is 0.257 e. The standard InChI is InChI=1S/C41H42F5N3O4/c42-35-34(36(43)38(45)39(46)37(35)44)40(51)47-21-26-6-3-7-28(18-26)29-8-4-9-30(19-29)41-52-32(20-33(53-41)27-13-11-25(24-50)12-14-27)23-49-17-5-10-31(49)22-48-15-1-2-16-48/h3-4,6-9,11-14,18-19,31-33,41,50H,1-2,5,10,15-17,20-24H2,(H,47,51)/t31-,32-,33+,41+/m0/s1. The Bertz CT molecular complexity index is 1890. The Morgan fingerprint density at radius 3 is 2.13 bits per heavy atom. The number of nitrogens with one attached hydrogen (secondary N) is 1. The molecule has 3 aliphatic rings. The van der Waals surface area contributed by atoms with Crippen molar-refractivity contribution in [3.05, 3.63) is 130 Å². The van der Waals surface area contributed by atoms with Crippen molar-refractivity contribution in [1.29, 1.82) is 0 Å². The van der Waals surface area contributed by atoms with Crippen molar-refractivity contribution in [2.24, 2.45) is 0 Å². The molecule has 0 aliphatic carbocycles. The van der Waals surface area contributed by atoms with E-state index in [2.05, 4.69) is 15.1 Å². The van der Waals surface area contributed by atoms with Gasteiger partial charge in [0.25, 0.3) is 5.91 Å². The van der Waals surface area contributed by atoms with Crippen LogP contribution in [0.25, 0.3) is 11.1 Å². The zero-order valence-electron chi connectivity index (χ0n) is 29.2. The van der Waals surface area contributed by atoms with Crippen LogP contribution in [0.3, 0.4) is 0 Å². The van der Waals surface area contributed by atoms with E-state index in [-0.39, 0.29) is 25.4 Å². The molecule has 2 N–H and O–H groups in total. The van der Waals surface area contributed by atoms with Crippen LogP contribution in [0.4, 0.5) is 22.0 Å². The minimum absolute atomic E-state index is 0.0424. The quantitative estimate of drug-likeness (QED) is 0.0941. The van der Waals surface area contributed by atoms with Gasteiger partial charge in [-0.15, -0.1) is 0 Å². The highest BCUT2D eigenvalue weighted by molar-refractivity contribution is 5.94. The van der Waals surface area contributed by atoms with Gasteiger partial charge in [-0.3, -0.25) is 9.69 Å². The summed E-state index contributed by atoms with van der Waals surface area (Å²) in [7, 11) is 0. The summed E-state index contributed by atoms with van der Waals surface area (Å²) in [5.74, 6) is -12.5. The van der Waals surface area contributed by atoms with Crippen LogP contribution < -0.4 is 5.32 Å². The van der Waals surface area contributed by atoms with Gasteiger partial charge in [0, 0.05) is 37.7 Å². The lowest BCUT2D eigenvalue weighted by atomic mass is 9.98. The molecule has 0 saturated carbocycles. The molecule has 7 rings (SSSR count). The Labute approximate surface area is 305 Å². The van der Waals surface area contributed by atoms with E-state index in [0.29, 0.717) is 18.0 Å². The van der Waals surface area contributed by atoms with Gasteiger partial charge >= 0.3 is 0 Å². The minimum atomic E-state index is -2.33. The van der Waals surface area contributed by atoms with Crippen LogP contribution in [0.1, 0.15) is 77.1 Å². The zero-order chi connectivity index (χ0) is 37.1. The number of likely N-dealkylation sites (tertiary alicyclic amines) is 2. The summed E-state index contributed by atoms with van der Waals surface area (Å²) in [6, 6.07) is 23.1. The van der Waals surface area contributed by atoms with E-state index in [9.17, 15) is 31.9 Å². The molecule has 4 aromatic carbocycles. The first kappa shape index (κ1) is 37.1.